The minimum Gasteiger partial charge on any atom is -0.492 e. The summed E-state index contributed by atoms with van der Waals surface area (Å²) in [6.45, 7) is 0.614. The third-order valence-electron chi connectivity index (χ3n) is 2.94. The van der Waals surface area contributed by atoms with Gasteiger partial charge in [0.1, 0.15) is 5.75 Å². The Hall–Kier alpha value is -1.95. The SMILES string of the molecule is Nc1cc(OCC2CC2)c(-c2n[nH]c(=O)o2)cc1Cl. The van der Waals surface area contributed by atoms with Crippen molar-refractivity contribution >= 4 is 17.3 Å². The first kappa shape index (κ1) is 12.1. The lowest BCUT2D eigenvalue weighted by Gasteiger charge is -2.10. The van der Waals surface area contributed by atoms with Gasteiger partial charge in [-0.05, 0) is 24.8 Å². The lowest BCUT2D eigenvalue weighted by atomic mass is 10.2. The molecule has 1 fully saturated rings. The molecule has 0 unspecified atom stereocenters. The van der Waals surface area contributed by atoms with Gasteiger partial charge in [-0.2, -0.15) is 0 Å². The van der Waals surface area contributed by atoms with E-state index < -0.39 is 5.76 Å². The van der Waals surface area contributed by atoms with Gasteiger partial charge >= 0.3 is 5.76 Å². The van der Waals surface area contributed by atoms with Crippen LogP contribution in [0.5, 0.6) is 5.75 Å². The largest absolute Gasteiger partial charge is 0.492 e. The van der Waals surface area contributed by atoms with E-state index in [9.17, 15) is 4.79 Å². The van der Waals surface area contributed by atoms with Gasteiger partial charge in [-0.15, -0.1) is 5.10 Å². The first-order chi connectivity index (χ1) is 9.13. The van der Waals surface area contributed by atoms with E-state index >= 15 is 0 Å². The Morgan fingerprint density at radius 2 is 2.32 bits per heavy atom. The molecule has 3 rings (SSSR count). The lowest BCUT2D eigenvalue weighted by molar-refractivity contribution is 0.300. The second kappa shape index (κ2) is 4.62. The molecule has 0 bridgehead atoms. The summed E-state index contributed by atoms with van der Waals surface area (Å²) in [7, 11) is 0. The van der Waals surface area contributed by atoms with Crippen molar-refractivity contribution in [3.8, 4) is 17.2 Å². The zero-order chi connectivity index (χ0) is 13.4. The summed E-state index contributed by atoms with van der Waals surface area (Å²) in [5, 5.41) is 6.34. The number of nitrogens with two attached hydrogens (primary N) is 1. The van der Waals surface area contributed by atoms with Crippen molar-refractivity contribution < 1.29 is 9.15 Å². The number of anilines is 1. The molecule has 1 heterocycles. The van der Waals surface area contributed by atoms with Crippen molar-refractivity contribution in [3.05, 3.63) is 27.7 Å². The van der Waals surface area contributed by atoms with Crippen molar-refractivity contribution in [1.29, 1.82) is 0 Å². The molecule has 0 radical (unpaired) electrons. The number of nitrogen functional groups attached to an aromatic ring is 1. The molecule has 1 aromatic heterocycles. The Morgan fingerprint density at radius 1 is 1.53 bits per heavy atom. The summed E-state index contributed by atoms with van der Waals surface area (Å²) in [5.74, 6) is 0.619. The van der Waals surface area contributed by atoms with E-state index in [0.717, 1.165) is 0 Å². The number of aromatic amines is 1. The Kier molecular flexibility index (Phi) is 2.94. The second-order valence-electron chi connectivity index (χ2n) is 4.54. The van der Waals surface area contributed by atoms with Crippen LogP contribution in [0.4, 0.5) is 5.69 Å². The van der Waals surface area contributed by atoms with Crippen molar-refractivity contribution in [3.63, 3.8) is 0 Å². The van der Waals surface area contributed by atoms with E-state index in [1.54, 1.807) is 12.1 Å². The minimum atomic E-state index is -0.629. The molecule has 1 aliphatic rings. The summed E-state index contributed by atoms with van der Waals surface area (Å²) >= 11 is 5.98. The molecule has 1 aromatic carbocycles. The number of benzene rings is 1. The highest BCUT2D eigenvalue weighted by Gasteiger charge is 2.23. The number of nitrogens with zero attached hydrogens (tertiary/aromatic N) is 1. The standard InChI is InChI=1S/C12H12ClN3O3/c13-8-3-7(11-15-16-12(17)19-11)10(4-9(8)14)18-5-6-1-2-6/h3-4,6H,1-2,5,14H2,(H,16,17). The molecule has 19 heavy (non-hydrogen) atoms. The predicted molar refractivity (Wildman–Crippen MR) is 70.2 cm³/mol. The molecule has 0 saturated heterocycles. The first-order valence-corrected chi connectivity index (χ1v) is 6.29. The van der Waals surface area contributed by atoms with E-state index in [-0.39, 0.29) is 5.89 Å². The molecule has 1 saturated carbocycles. The van der Waals surface area contributed by atoms with Crippen LogP contribution in [0.15, 0.2) is 21.3 Å². The van der Waals surface area contributed by atoms with Crippen LogP contribution in [0.3, 0.4) is 0 Å². The molecule has 0 spiro atoms. The van der Waals surface area contributed by atoms with E-state index in [0.29, 0.717) is 34.5 Å². The average molecular weight is 282 g/mol. The average Bonchev–Trinajstić information content (AvgIpc) is 3.11. The van der Waals surface area contributed by atoms with Gasteiger partial charge in [-0.1, -0.05) is 11.6 Å². The number of aromatic nitrogens is 2. The van der Waals surface area contributed by atoms with Gasteiger partial charge in [0.2, 0.25) is 0 Å². The summed E-state index contributed by atoms with van der Waals surface area (Å²) in [6, 6.07) is 3.20. The molecule has 2 aromatic rings. The monoisotopic (exact) mass is 281 g/mol. The molecule has 0 aliphatic heterocycles. The van der Waals surface area contributed by atoms with Crippen molar-refractivity contribution in [2.45, 2.75) is 12.8 Å². The van der Waals surface area contributed by atoms with Gasteiger partial charge in [0, 0.05) is 6.07 Å². The summed E-state index contributed by atoms with van der Waals surface area (Å²) in [4.78, 5) is 11.0. The predicted octanol–water partition coefficient (Wildman–Crippen LogP) is 2.05. The van der Waals surface area contributed by atoms with Crippen LogP contribution in [0.25, 0.3) is 11.5 Å². The fourth-order valence-electron chi connectivity index (χ4n) is 1.69. The van der Waals surface area contributed by atoms with Crippen molar-refractivity contribution in [2.24, 2.45) is 5.92 Å². The van der Waals surface area contributed by atoms with Crippen molar-refractivity contribution in [2.75, 3.05) is 12.3 Å². The van der Waals surface area contributed by atoms with E-state index in [4.69, 9.17) is 26.5 Å². The Morgan fingerprint density at radius 3 is 2.95 bits per heavy atom. The molecule has 100 valence electrons. The van der Waals surface area contributed by atoms with Crippen LogP contribution in [0.1, 0.15) is 12.8 Å². The van der Waals surface area contributed by atoms with E-state index in [2.05, 4.69) is 10.2 Å². The summed E-state index contributed by atoms with van der Waals surface area (Å²) < 4.78 is 10.6. The van der Waals surface area contributed by atoms with Gasteiger partial charge in [-0.25, -0.2) is 9.89 Å². The number of H-pyrrole nitrogens is 1. The third-order valence-corrected chi connectivity index (χ3v) is 3.27. The molecular formula is C12H12ClN3O3. The molecule has 3 N–H and O–H groups in total. The molecule has 7 heteroatoms. The highest BCUT2D eigenvalue weighted by molar-refractivity contribution is 6.33. The van der Waals surface area contributed by atoms with Gasteiger partial charge < -0.3 is 14.9 Å². The van der Waals surface area contributed by atoms with Crippen LogP contribution >= 0.6 is 11.6 Å². The van der Waals surface area contributed by atoms with E-state index in [1.165, 1.54) is 12.8 Å². The molecule has 1 aliphatic carbocycles. The normalized spacial score (nSPS) is 14.6. The Balaban J connectivity index is 1.99. The van der Waals surface area contributed by atoms with Crippen LogP contribution in [-0.4, -0.2) is 16.8 Å². The van der Waals surface area contributed by atoms with Gasteiger partial charge in [0.15, 0.2) is 0 Å². The number of hydrogen-bond donors (Lipinski definition) is 2. The maximum absolute atomic E-state index is 11.0. The summed E-state index contributed by atoms with van der Waals surface area (Å²) in [6.07, 6.45) is 2.35. The van der Waals surface area contributed by atoms with Gasteiger partial charge in [0.25, 0.3) is 5.89 Å². The molecule has 0 amide bonds. The van der Waals surface area contributed by atoms with Crippen LogP contribution in [0.2, 0.25) is 5.02 Å². The second-order valence-corrected chi connectivity index (χ2v) is 4.95. The third kappa shape index (κ3) is 2.58. The lowest BCUT2D eigenvalue weighted by Crippen LogP contribution is -2.01. The molecule has 0 atom stereocenters. The number of nitrogens with one attached hydrogen (secondary N) is 1. The van der Waals surface area contributed by atoms with Crippen LogP contribution in [-0.2, 0) is 0 Å². The quantitative estimate of drug-likeness (QED) is 0.837. The maximum atomic E-state index is 11.0. The Labute approximate surface area is 113 Å². The zero-order valence-electron chi connectivity index (χ0n) is 9.98. The number of hydrogen-bond acceptors (Lipinski definition) is 5. The van der Waals surface area contributed by atoms with E-state index in [1.807, 2.05) is 0 Å². The molecule has 6 nitrogen and oxygen atoms in total. The highest BCUT2D eigenvalue weighted by atomic mass is 35.5. The topological polar surface area (TPSA) is 94.1 Å². The van der Waals surface area contributed by atoms with Crippen LogP contribution < -0.4 is 16.2 Å². The van der Waals surface area contributed by atoms with Gasteiger partial charge in [-0.3, -0.25) is 0 Å². The van der Waals surface area contributed by atoms with Crippen molar-refractivity contribution in [1.82, 2.24) is 10.2 Å². The fraction of sp³-hybridized carbons (Fsp3) is 0.333. The maximum Gasteiger partial charge on any atom is 0.434 e. The number of halogens is 1. The summed E-state index contributed by atoms with van der Waals surface area (Å²) in [5.41, 5.74) is 6.69. The zero-order valence-corrected chi connectivity index (χ0v) is 10.7. The van der Waals surface area contributed by atoms with Crippen LogP contribution in [0, 0.1) is 5.92 Å². The number of rotatable bonds is 4. The first-order valence-electron chi connectivity index (χ1n) is 5.91. The fourth-order valence-corrected chi connectivity index (χ4v) is 1.86. The highest BCUT2D eigenvalue weighted by Crippen LogP contribution is 2.37. The minimum absolute atomic E-state index is 0.137. The Bertz CT molecular complexity index is 660. The number of ether oxygens (including phenoxy) is 1. The van der Waals surface area contributed by atoms with Gasteiger partial charge in [0.05, 0.1) is 22.9 Å². The molecular weight excluding hydrogens is 270 g/mol. The smallest absolute Gasteiger partial charge is 0.434 e.